The lowest BCUT2D eigenvalue weighted by Crippen LogP contribution is -2.44. The molecule has 0 aliphatic rings. The third-order valence-corrected chi connectivity index (χ3v) is 11.1. The molecule has 0 spiro atoms. The predicted octanol–water partition coefficient (Wildman–Crippen LogP) is 6.40. The second kappa shape index (κ2) is 12.5. The van der Waals surface area contributed by atoms with E-state index in [0.29, 0.717) is 6.61 Å². The smallest absolute Gasteiger partial charge is 0.192 e. The maximum Gasteiger partial charge on any atom is 0.192 e. The normalized spacial score (nSPS) is 15.4. The lowest BCUT2D eigenvalue weighted by molar-refractivity contribution is 0.0104. The summed E-state index contributed by atoms with van der Waals surface area (Å²) in [6, 6.07) is 18.3. The van der Waals surface area contributed by atoms with Crippen molar-refractivity contribution in [2.24, 2.45) is 5.92 Å². The zero-order chi connectivity index (χ0) is 24.5. The monoisotopic (exact) mass is 470 g/mol. The fourth-order valence-electron chi connectivity index (χ4n) is 3.26. The highest BCUT2D eigenvalue weighted by Gasteiger charge is 2.38. The van der Waals surface area contributed by atoms with Crippen LogP contribution < -0.4 is 4.74 Å². The standard InChI is InChI=1S/C28H42O4Si/c1-22(31-21-24-13-16-26(30-5)17-14-24)25(20-29)15-18-27(19-23-11-9-8-10-12-23)32-33(6,7)28(2,3)4/h8-18,22,25,27,29H,19-21H2,1-7H3/b18-15+/t22-,25?,27+/m1/s1. The molecule has 0 amide bonds. The number of ether oxygens (including phenoxy) is 2. The molecule has 0 saturated carbocycles. The van der Waals surface area contributed by atoms with E-state index in [9.17, 15) is 5.11 Å². The van der Waals surface area contributed by atoms with Crippen molar-refractivity contribution in [2.75, 3.05) is 13.7 Å². The van der Waals surface area contributed by atoms with E-state index in [4.69, 9.17) is 13.9 Å². The molecule has 0 bridgehead atoms. The van der Waals surface area contributed by atoms with Crippen LogP contribution in [0.5, 0.6) is 5.75 Å². The van der Waals surface area contributed by atoms with E-state index in [1.807, 2.05) is 37.3 Å². The fraction of sp³-hybridized carbons (Fsp3) is 0.500. The van der Waals surface area contributed by atoms with Crippen LogP contribution in [0.3, 0.4) is 0 Å². The largest absolute Gasteiger partial charge is 0.497 e. The Bertz CT molecular complexity index is 840. The lowest BCUT2D eigenvalue weighted by atomic mass is 10.0. The molecule has 5 heteroatoms. The number of aliphatic hydroxyl groups excluding tert-OH is 1. The maximum absolute atomic E-state index is 10.0. The molecular formula is C28H42O4Si. The van der Waals surface area contributed by atoms with Crippen LogP contribution in [0.25, 0.3) is 0 Å². The van der Waals surface area contributed by atoms with Crippen LogP contribution in [0.15, 0.2) is 66.7 Å². The predicted molar refractivity (Wildman–Crippen MR) is 139 cm³/mol. The maximum atomic E-state index is 10.0. The Morgan fingerprint density at radius 3 is 2.12 bits per heavy atom. The SMILES string of the molecule is COc1ccc(CO[C@H](C)C(/C=C/[C@@H](Cc2ccccc2)O[Si](C)(C)C(C)(C)C)CO)cc1. The number of benzene rings is 2. The number of hydrogen-bond acceptors (Lipinski definition) is 4. The third kappa shape index (κ3) is 8.74. The average Bonchev–Trinajstić information content (AvgIpc) is 2.78. The van der Waals surface area contributed by atoms with Gasteiger partial charge in [-0.15, -0.1) is 0 Å². The lowest BCUT2D eigenvalue weighted by Gasteiger charge is -2.39. The minimum atomic E-state index is -1.95. The summed E-state index contributed by atoms with van der Waals surface area (Å²) in [5.74, 6) is 0.721. The molecule has 0 radical (unpaired) electrons. The van der Waals surface area contributed by atoms with E-state index in [1.165, 1.54) is 5.56 Å². The van der Waals surface area contributed by atoms with Crippen LogP contribution >= 0.6 is 0 Å². The molecule has 0 aliphatic carbocycles. The van der Waals surface area contributed by atoms with Gasteiger partial charge in [0.1, 0.15) is 5.75 Å². The minimum absolute atomic E-state index is 0.0262. The Hall–Kier alpha value is -1.92. The van der Waals surface area contributed by atoms with E-state index in [-0.39, 0.29) is 29.8 Å². The third-order valence-electron chi connectivity index (χ3n) is 6.59. The van der Waals surface area contributed by atoms with Crippen molar-refractivity contribution in [3.63, 3.8) is 0 Å². The Morgan fingerprint density at radius 1 is 0.939 bits per heavy atom. The van der Waals surface area contributed by atoms with Gasteiger partial charge in [-0.25, -0.2) is 0 Å². The zero-order valence-corrected chi connectivity index (χ0v) is 22.4. The molecular weight excluding hydrogens is 428 g/mol. The summed E-state index contributed by atoms with van der Waals surface area (Å²) in [6.07, 6.45) is 4.83. The fourth-order valence-corrected chi connectivity index (χ4v) is 4.53. The van der Waals surface area contributed by atoms with Crippen molar-refractivity contribution < 1.29 is 19.0 Å². The van der Waals surface area contributed by atoms with Gasteiger partial charge in [-0.2, -0.15) is 0 Å². The first kappa shape index (κ1) is 27.3. The molecule has 0 heterocycles. The van der Waals surface area contributed by atoms with E-state index in [1.54, 1.807) is 7.11 Å². The molecule has 2 rings (SSSR count). The van der Waals surface area contributed by atoms with Crippen molar-refractivity contribution >= 4 is 8.32 Å². The van der Waals surface area contributed by atoms with Gasteiger partial charge in [-0.3, -0.25) is 0 Å². The van der Waals surface area contributed by atoms with Gasteiger partial charge in [0.05, 0.1) is 32.5 Å². The quantitative estimate of drug-likeness (QED) is 0.288. The van der Waals surface area contributed by atoms with Crippen molar-refractivity contribution in [3.05, 3.63) is 77.9 Å². The molecule has 3 atom stereocenters. The van der Waals surface area contributed by atoms with E-state index in [0.717, 1.165) is 17.7 Å². The number of methoxy groups -OCH3 is 1. The van der Waals surface area contributed by atoms with Crippen LogP contribution in [0.2, 0.25) is 18.1 Å². The van der Waals surface area contributed by atoms with Gasteiger partial charge in [0, 0.05) is 12.3 Å². The Morgan fingerprint density at radius 2 is 1.58 bits per heavy atom. The van der Waals surface area contributed by atoms with E-state index >= 15 is 0 Å². The van der Waals surface area contributed by atoms with Crippen molar-refractivity contribution in [1.82, 2.24) is 0 Å². The summed E-state index contributed by atoms with van der Waals surface area (Å²) in [5, 5.41) is 10.2. The second-order valence-electron chi connectivity index (χ2n) is 10.2. The first-order valence-corrected chi connectivity index (χ1v) is 14.7. The van der Waals surface area contributed by atoms with E-state index < -0.39 is 8.32 Å². The van der Waals surface area contributed by atoms with Crippen LogP contribution in [0.1, 0.15) is 38.8 Å². The Labute approximate surface area is 201 Å². The van der Waals surface area contributed by atoms with Gasteiger partial charge in [-0.05, 0) is 48.3 Å². The summed E-state index contributed by atoms with van der Waals surface area (Å²) >= 11 is 0. The number of rotatable bonds is 12. The topological polar surface area (TPSA) is 47.9 Å². The molecule has 4 nitrogen and oxygen atoms in total. The van der Waals surface area contributed by atoms with Gasteiger partial charge in [0.15, 0.2) is 8.32 Å². The van der Waals surface area contributed by atoms with Gasteiger partial charge in [0.25, 0.3) is 0 Å². The molecule has 0 aromatic heterocycles. The molecule has 1 unspecified atom stereocenters. The molecule has 2 aromatic carbocycles. The van der Waals surface area contributed by atoms with E-state index in [2.05, 4.69) is 70.3 Å². The number of hydrogen-bond donors (Lipinski definition) is 1. The second-order valence-corrected chi connectivity index (χ2v) is 15.0. The summed E-state index contributed by atoms with van der Waals surface area (Å²) in [7, 11) is -0.295. The van der Waals surface area contributed by atoms with Crippen LogP contribution in [-0.4, -0.2) is 39.3 Å². The molecule has 0 fully saturated rings. The van der Waals surface area contributed by atoms with Crippen molar-refractivity contribution in [3.8, 4) is 5.75 Å². The highest BCUT2D eigenvalue weighted by Crippen LogP contribution is 2.37. The number of aliphatic hydroxyl groups is 1. The van der Waals surface area contributed by atoms with Gasteiger partial charge in [0.2, 0.25) is 0 Å². The van der Waals surface area contributed by atoms with Crippen molar-refractivity contribution in [2.45, 2.75) is 71.1 Å². The first-order chi connectivity index (χ1) is 15.6. The highest BCUT2D eigenvalue weighted by atomic mass is 28.4. The van der Waals surface area contributed by atoms with Crippen LogP contribution in [0.4, 0.5) is 0 Å². The van der Waals surface area contributed by atoms with Crippen molar-refractivity contribution in [1.29, 1.82) is 0 Å². The summed E-state index contributed by atoms with van der Waals surface area (Å²) in [6.45, 7) is 13.9. The van der Waals surface area contributed by atoms with Crippen LogP contribution in [-0.2, 0) is 22.2 Å². The molecule has 182 valence electrons. The summed E-state index contributed by atoms with van der Waals surface area (Å²) in [4.78, 5) is 0. The van der Waals surface area contributed by atoms with Crippen LogP contribution in [0, 0.1) is 5.92 Å². The first-order valence-electron chi connectivity index (χ1n) is 11.8. The minimum Gasteiger partial charge on any atom is -0.497 e. The summed E-state index contributed by atoms with van der Waals surface area (Å²) in [5.41, 5.74) is 2.32. The molecule has 1 N–H and O–H groups in total. The molecule has 0 aliphatic heterocycles. The van der Waals surface area contributed by atoms with Gasteiger partial charge < -0.3 is 19.0 Å². The molecule has 0 saturated heterocycles. The average molecular weight is 471 g/mol. The molecule has 33 heavy (non-hydrogen) atoms. The zero-order valence-electron chi connectivity index (χ0n) is 21.4. The Balaban J connectivity index is 2.08. The molecule has 2 aromatic rings. The van der Waals surface area contributed by atoms with Gasteiger partial charge >= 0.3 is 0 Å². The van der Waals surface area contributed by atoms with Gasteiger partial charge in [-0.1, -0.05) is 75.4 Å². The Kier molecular flexibility index (Phi) is 10.4. The summed E-state index contributed by atoms with van der Waals surface area (Å²) < 4.78 is 18.0. The highest BCUT2D eigenvalue weighted by molar-refractivity contribution is 6.74.